The van der Waals surface area contributed by atoms with Crippen LogP contribution in [0.4, 0.5) is 8.78 Å². The van der Waals surface area contributed by atoms with Gasteiger partial charge in [-0.15, -0.1) is 0 Å². The third-order valence-corrected chi connectivity index (χ3v) is 7.09. The second-order valence-corrected chi connectivity index (χ2v) is 8.05. The van der Waals surface area contributed by atoms with Crippen LogP contribution < -0.4 is 5.73 Å². The molecular formula is C14H19F2NS2. The van der Waals surface area contributed by atoms with Gasteiger partial charge in [-0.2, -0.15) is 23.5 Å². The minimum absolute atomic E-state index is 0.0904. The van der Waals surface area contributed by atoms with Crippen molar-refractivity contribution in [3.8, 4) is 0 Å². The molecule has 1 nitrogen and oxygen atoms in total. The van der Waals surface area contributed by atoms with Crippen molar-refractivity contribution in [3.05, 3.63) is 35.4 Å². The van der Waals surface area contributed by atoms with Gasteiger partial charge in [0.15, 0.2) is 0 Å². The van der Waals surface area contributed by atoms with E-state index in [-0.39, 0.29) is 6.04 Å². The highest BCUT2D eigenvalue weighted by atomic mass is 32.2. The topological polar surface area (TPSA) is 26.0 Å². The number of benzene rings is 1. The van der Waals surface area contributed by atoms with Crippen molar-refractivity contribution < 1.29 is 8.78 Å². The quantitative estimate of drug-likeness (QED) is 0.926. The van der Waals surface area contributed by atoms with Crippen LogP contribution >= 0.6 is 23.5 Å². The second-order valence-electron chi connectivity index (χ2n) is 5.02. The van der Waals surface area contributed by atoms with Gasteiger partial charge in [-0.05, 0) is 18.1 Å². The summed E-state index contributed by atoms with van der Waals surface area (Å²) in [6.45, 7) is 4.43. The van der Waals surface area contributed by atoms with E-state index in [2.05, 4.69) is 13.8 Å². The summed E-state index contributed by atoms with van der Waals surface area (Å²) in [5, 5.41) is 1.53. The molecule has 1 aromatic carbocycles. The minimum Gasteiger partial charge on any atom is -0.326 e. The predicted molar refractivity (Wildman–Crippen MR) is 80.8 cm³/mol. The van der Waals surface area contributed by atoms with E-state index in [1.807, 2.05) is 23.5 Å². The molecular weight excluding hydrogens is 284 g/mol. The Morgan fingerprint density at radius 2 is 2.05 bits per heavy atom. The molecule has 1 aliphatic rings. The van der Waals surface area contributed by atoms with E-state index in [9.17, 15) is 8.78 Å². The van der Waals surface area contributed by atoms with Crippen molar-refractivity contribution >= 4 is 23.5 Å². The Hall–Kier alpha value is -0.260. The summed E-state index contributed by atoms with van der Waals surface area (Å²) in [6.07, 6.45) is 0.464. The molecule has 1 heterocycles. The average Bonchev–Trinajstić information content (AvgIpc) is 2.36. The van der Waals surface area contributed by atoms with E-state index in [1.165, 1.54) is 12.1 Å². The number of thioether (sulfide) groups is 2. The van der Waals surface area contributed by atoms with Crippen molar-refractivity contribution in [2.24, 2.45) is 5.73 Å². The third kappa shape index (κ3) is 3.86. The average molecular weight is 303 g/mol. The molecule has 0 amide bonds. The van der Waals surface area contributed by atoms with Gasteiger partial charge in [0.25, 0.3) is 0 Å². The molecule has 0 bridgehead atoms. The van der Waals surface area contributed by atoms with Gasteiger partial charge in [-0.25, -0.2) is 8.78 Å². The van der Waals surface area contributed by atoms with Crippen LogP contribution in [0, 0.1) is 11.6 Å². The molecule has 1 saturated heterocycles. The van der Waals surface area contributed by atoms with Crippen LogP contribution in [0.3, 0.4) is 0 Å². The van der Waals surface area contributed by atoms with Crippen LogP contribution in [-0.4, -0.2) is 27.5 Å². The molecule has 106 valence electrons. The first-order valence-electron chi connectivity index (χ1n) is 6.44. The Bertz CT molecular complexity index is 441. The van der Waals surface area contributed by atoms with Crippen LogP contribution in [0.5, 0.6) is 0 Å². The van der Waals surface area contributed by atoms with Crippen molar-refractivity contribution in [3.63, 3.8) is 0 Å². The van der Waals surface area contributed by atoms with Crippen LogP contribution in [-0.2, 0) is 6.42 Å². The molecule has 0 radical (unpaired) electrons. The lowest BCUT2D eigenvalue weighted by Gasteiger charge is -2.34. The lowest BCUT2D eigenvalue weighted by Crippen LogP contribution is -2.41. The highest BCUT2D eigenvalue weighted by molar-refractivity contribution is 8.07. The molecule has 4 atom stereocenters. The maximum absolute atomic E-state index is 13.6. The van der Waals surface area contributed by atoms with Gasteiger partial charge >= 0.3 is 0 Å². The van der Waals surface area contributed by atoms with Crippen molar-refractivity contribution in [1.82, 2.24) is 0 Å². The van der Waals surface area contributed by atoms with Crippen LogP contribution in [0.25, 0.3) is 0 Å². The zero-order valence-corrected chi connectivity index (χ0v) is 12.7. The van der Waals surface area contributed by atoms with Gasteiger partial charge in [0.1, 0.15) is 11.6 Å². The second kappa shape index (κ2) is 6.46. The number of nitrogens with two attached hydrogens (primary N) is 1. The predicted octanol–water partition coefficient (Wildman–Crippen LogP) is 3.46. The van der Waals surface area contributed by atoms with Crippen molar-refractivity contribution in [1.29, 1.82) is 0 Å². The van der Waals surface area contributed by atoms with Crippen LogP contribution in [0.1, 0.15) is 19.4 Å². The Kier molecular flexibility index (Phi) is 5.15. The van der Waals surface area contributed by atoms with E-state index in [4.69, 9.17) is 5.73 Å². The van der Waals surface area contributed by atoms with Crippen LogP contribution in [0.15, 0.2) is 18.2 Å². The first kappa shape index (κ1) is 15.1. The zero-order valence-electron chi connectivity index (χ0n) is 11.1. The summed E-state index contributed by atoms with van der Waals surface area (Å²) in [6, 6.07) is 3.62. The molecule has 1 aliphatic heterocycles. The van der Waals surface area contributed by atoms with Gasteiger partial charge < -0.3 is 5.73 Å². The van der Waals surface area contributed by atoms with Gasteiger partial charge in [-0.3, -0.25) is 0 Å². The zero-order chi connectivity index (χ0) is 14.0. The molecule has 0 saturated carbocycles. The lowest BCUT2D eigenvalue weighted by molar-refractivity contribution is 0.558. The monoisotopic (exact) mass is 303 g/mol. The molecule has 0 aromatic heterocycles. The van der Waals surface area contributed by atoms with Crippen LogP contribution in [0.2, 0.25) is 0 Å². The molecule has 4 unspecified atom stereocenters. The summed E-state index contributed by atoms with van der Waals surface area (Å²) in [5.41, 5.74) is 6.71. The maximum atomic E-state index is 13.6. The summed E-state index contributed by atoms with van der Waals surface area (Å²) in [7, 11) is 0. The molecule has 19 heavy (non-hydrogen) atoms. The van der Waals surface area contributed by atoms with Gasteiger partial charge in [0.2, 0.25) is 0 Å². The lowest BCUT2D eigenvalue weighted by atomic mass is 10.0. The number of hydrogen-bond acceptors (Lipinski definition) is 3. The molecule has 1 fully saturated rings. The van der Waals surface area contributed by atoms with Gasteiger partial charge in [0.05, 0.1) is 0 Å². The summed E-state index contributed by atoms with van der Waals surface area (Å²) >= 11 is 3.81. The van der Waals surface area contributed by atoms with Gasteiger partial charge in [-0.1, -0.05) is 19.9 Å². The fraction of sp³-hybridized carbons (Fsp3) is 0.571. The smallest absolute Gasteiger partial charge is 0.129 e. The Morgan fingerprint density at radius 1 is 1.32 bits per heavy atom. The molecule has 2 rings (SSSR count). The SMILES string of the molecule is CC1SCC(C(N)Cc2ccc(F)cc2F)SC1C. The van der Waals surface area contributed by atoms with Crippen molar-refractivity contribution in [2.75, 3.05) is 5.75 Å². The first-order valence-corrected chi connectivity index (χ1v) is 8.43. The number of rotatable bonds is 3. The molecule has 2 N–H and O–H groups in total. The molecule has 0 spiro atoms. The Balaban J connectivity index is 1.99. The highest BCUT2D eigenvalue weighted by Gasteiger charge is 2.29. The highest BCUT2D eigenvalue weighted by Crippen LogP contribution is 2.37. The Labute approximate surface area is 121 Å². The normalized spacial score (nSPS) is 29.2. The number of halogens is 2. The van der Waals surface area contributed by atoms with E-state index >= 15 is 0 Å². The van der Waals surface area contributed by atoms with E-state index in [0.29, 0.717) is 27.7 Å². The number of hydrogen-bond donors (Lipinski definition) is 1. The summed E-state index contributed by atoms with van der Waals surface area (Å²) < 4.78 is 26.5. The van der Waals surface area contributed by atoms with Crippen molar-refractivity contribution in [2.45, 2.75) is 42.1 Å². The molecule has 1 aromatic rings. The first-order chi connectivity index (χ1) is 8.97. The summed E-state index contributed by atoms with van der Waals surface area (Å²) in [4.78, 5) is 0. The van der Waals surface area contributed by atoms with Gasteiger partial charge in [0, 0.05) is 33.6 Å². The fourth-order valence-corrected chi connectivity index (χ4v) is 5.17. The summed E-state index contributed by atoms with van der Waals surface area (Å²) in [5.74, 6) is -0.0367. The third-order valence-electron chi connectivity index (χ3n) is 3.52. The van der Waals surface area contributed by atoms with E-state index < -0.39 is 11.6 Å². The standard InChI is InChI=1S/C14H19F2NS2/c1-8-9(2)19-14(7-18-8)13(17)5-10-3-4-11(15)6-12(10)16/h3-4,6,8-9,13-14H,5,7,17H2,1-2H3. The molecule has 5 heteroatoms. The minimum atomic E-state index is -0.542. The maximum Gasteiger partial charge on any atom is 0.129 e. The van der Waals surface area contributed by atoms with E-state index in [0.717, 1.165) is 11.8 Å². The molecule has 0 aliphatic carbocycles. The largest absolute Gasteiger partial charge is 0.326 e. The fourth-order valence-electron chi connectivity index (χ4n) is 2.10. The van der Waals surface area contributed by atoms with E-state index in [1.54, 1.807) is 0 Å². The Morgan fingerprint density at radius 3 is 2.68 bits per heavy atom.